The summed E-state index contributed by atoms with van der Waals surface area (Å²) in [5.41, 5.74) is 0. The molecule has 0 unspecified atom stereocenters. The maximum absolute atomic E-state index is 8.12. The van der Waals surface area contributed by atoms with E-state index in [2.05, 4.69) is 4.98 Å². The molecule has 1 heterocycles. The van der Waals surface area contributed by atoms with Crippen molar-refractivity contribution in [1.29, 1.82) is 5.26 Å². The van der Waals surface area contributed by atoms with Crippen molar-refractivity contribution in [2.75, 3.05) is 6.61 Å². The molecule has 1 aromatic rings. The Morgan fingerprint density at radius 3 is 3.10 bits per heavy atom. The van der Waals surface area contributed by atoms with E-state index in [-0.39, 0.29) is 6.61 Å². The number of nitriles is 1. The summed E-state index contributed by atoms with van der Waals surface area (Å²) in [5.74, 6) is 0.490. The van der Waals surface area contributed by atoms with E-state index in [9.17, 15) is 0 Å². The molecule has 0 aliphatic carbocycles. The van der Waals surface area contributed by atoms with Crippen LogP contribution in [0.5, 0.6) is 5.88 Å². The molecule has 0 aromatic carbocycles. The summed E-state index contributed by atoms with van der Waals surface area (Å²) in [4.78, 5) is 3.84. The molecule has 1 rings (SSSR count). The van der Waals surface area contributed by atoms with Crippen molar-refractivity contribution in [3.05, 3.63) is 24.4 Å². The molecule has 0 aliphatic rings. The van der Waals surface area contributed by atoms with E-state index in [4.69, 9.17) is 10.00 Å². The molecule has 10 heavy (non-hydrogen) atoms. The Labute approximate surface area is 58.9 Å². The summed E-state index contributed by atoms with van der Waals surface area (Å²) in [6.45, 7) is 0.0526. The molecule has 0 saturated carbocycles. The number of ether oxygens (including phenoxy) is 1. The Bertz CT molecular complexity index is 227. The van der Waals surface area contributed by atoms with E-state index >= 15 is 0 Å². The second kappa shape index (κ2) is 3.46. The van der Waals surface area contributed by atoms with Crippen LogP contribution in [-0.2, 0) is 0 Å². The molecule has 0 bridgehead atoms. The molecule has 0 spiro atoms. The lowest BCUT2D eigenvalue weighted by atomic mass is 10.5. The summed E-state index contributed by atoms with van der Waals surface area (Å²) < 4.78 is 4.88. The normalized spacial score (nSPS) is 8.30. The maximum Gasteiger partial charge on any atom is 0.214 e. The van der Waals surface area contributed by atoms with Gasteiger partial charge in [-0.2, -0.15) is 5.26 Å². The molecule has 0 saturated heterocycles. The smallest absolute Gasteiger partial charge is 0.214 e. The summed E-state index contributed by atoms with van der Waals surface area (Å²) in [6, 6.07) is 7.16. The van der Waals surface area contributed by atoms with Crippen LogP contribution >= 0.6 is 0 Å². The van der Waals surface area contributed by atoms with Gasteiger partial charge in [0.2, 0.25) is 5.88 Å². The second-order valence-electron chi connectivity index (χ2n) is 1.61. The summed E-state index contributed by atoms with van der Waals surface area (Å²) in [6.07, 6.45) is 1.62. The van der Waals surface area contributed by atoms with E-state index in [0.717, 1.165) is 0 Å². The van der Waals surface area contributed by atoms with Gasteiger partial charge in [-0.25, -0.2) is 4.98 Å². The summed E-state index contributed by atoms with van der Waals surface area (Å²) >= 11 is 0. The van der Waals surface area contributed by atoms with Gasteiger partial charge in [0.05, 0.1) is 0 Å². The fraction of sp³-hybridized carbons (Fsp3) is 0.143. The predicted molar refractivity (Wildman–Crippen MR) is 35.3 cm³/mol. The van der Waals surface area contributed by atoms with Gasteiger partial charge >= 0.3 is 0 Å². The zero-order valence-corrected chi connectivity index (χ0v) is 5.32. The fourth-order valence-corrected chi connectivity index (χ4v) is 0.539. The minimum Gasteiger partial charge on any atom is -0.462 e. The molecular weight excluding hydrogens is 128 g/mol. The molecule has 0 radical (unpaired) electrons. The van der Waals surface area contributed by atoms with Crippen LogP contribution in [-0.4, -0.2) is 11.6 Å². The van der Waals surface area contributed by atoms with Gasteiger partial charge in [-0.15, -0.1) is 0 Å². The zero-order valence-electron chi connectivity index (χ0n) is 5.32. The zero-order chi connectivity index (χ0) is 7.23. The highest BCUT2D eigenvalue weighted by molar-refractivity contribution is 5.09. The lowest BCUT2D eigenvalue weighted by Gasteiger charge is -1.96. The van der Waals surface area contributed by atoms with Gasteiger partial charge in [-0.3, -0.25) is 0 Å². The third kappa shape index (κ3) is 1.75. The highest BCUT2D eigenvalue weighted by Crippen LogP contribution is 2.01. The largest absolute Gasteiger partial charge is 0.462 e. The van der Waals surface area contributed by atoms with Gasteiger partial charge in [0.25, 0.3) is 0 Å². The molecular formula is C7H6N2O. The van der Waals surface area contributed by atoms with Crippen molar-refractivity contribution in [2.45, 2.75) is 0 Å². The van der Waals surface area contributed by atoms with Crippen LogP contribution in [0.25, 0.3) is 0 Å². The first-order valence-corrected chi connectivity index (χ1v) is 2.84. The average Bonchev–Trinajstić information content (AvgIpc) is 2.03. The fourth-order valence-electron chi connectivity index (χ4n) is 0.539. The molecule has 0 aliphatic heterocycles. The van der Waals surface area contributed by atoms with Crippen LogP contribution in [0.3, 0.4) is 0 Å². The van der Waals surface area contributed by atoms with E-state index < -0.39 is 0 Å². The van der Waals surface area contributed by atoms with Gasteiger partial charge in [-0.1, -0.05) is 6.07 Å². The van der Waals surface area contributed by atoms with Crippen LogP contribution in [0.4, 0.5) is 0 Å². The van der Waals surface area contributed by atoms with Gasteiger partial charge in [0, 0.05) is 12.3 Å². The first-order valence-electron chi connectivity index (χ1n) is 2.84. The highest BCUT2D eigenvalue weighted by Gasteiger charge is 1.88. The van der Waals surface area contributed by atoms with Crippen molar-refractivity contribution >= 4 is 0 Å². The molecule has 0 amide bonds. The van der Waals surface area contributed by atoms with Gasteiger partial charge in [-0.05, 0) is 6.07 Å². The Balaban J connectivity index is 2.52. The quantitative estimate of drug-likeness (QED) is 0.605. The Hall–Kier alpha value is -1.56. The van der Waals surface area contributed by atoms with Crippen LogP contribution in [0.2, 0.25) is 0 Å². The third-order valence-corrected chi connectivity index (χ3v) is 0.922. The van der Waals surface area contributed by atoms with E-state index in [0.29, 0.717) is 5.88 Å². The Morgan fingerprint density at radius 1 is 1.60 bits per heavy atom. The minimum atomic E-state index is 0.0526. The second-order valence-corrected chi connectivity index (χ2v) is 1.61. The average molecular weight is 134 g/mol. The van der Waals surface area contributed by atoms with Crippen molar-refractivity contribution in [3.8, 4) is 11.9 Å². The van der Waals surface area contributed by atoms with Crippen LogP contribution in [0.1, 0.15) is 0 Å². The van der Waals surface area contributed by atoms with Crippen LogP contribution in [0.15, 0.2) is 24.4 Å². The highest BCUT2D eigenvalue weighted by atomic mass is 16.5. The van der Waals surface area contributed by atoms with E-state index in [1.807, 2.05) is 6.07 Å². The van der Waals surface area contributed by atoms with E-state index in [1.54, 1.807) is 24.4 Å². The summed E-state index contributed by atoms with van der Waals surface area (Å²) in [7, 11) is 0. The SMILES string of the molecule is N#CCOc1ccccn1. The first-order chi connectivity index (χ1) is 4.93. The molecule has 3 heteroatoms. The van der Waals surface area contributed by atoms with Crippen LogP contribution < -0.4 is 4.74 Å². The Morgan fingerprint density at radius 2 is 2.50 bits per heavy atom. The lowest BCUT2D eigenvalue weighted by molar-refractivity contribution is 0.353. The number of hydrogen-bond acceptors (Lipinski definition) is 3. The van der Waals surface area contributed by atoms with Crippen molar-refractivity contribution in [2.24, 2.45) is 0 Å². The first kappa shape index (κ1) is 6.56. The third-order valence-electron chi connectivity index (χ3n) is 0.922. The number of nitrogens with zero attached hydrogens (tertiary/aromatic N) is 2. The maximum atomic E-state index is 8.12. The number of hydrogen-bond donors (Lipinski definition) is 0. The molecule has 0 N–H and O–H groups in total. The van der Waals surface area contributed by atoms with Crippen molar-refractivity contribution in [1.82, 2.24) is 4.98 Å². The standard InChI is InChI=1S/C7H6N2O/c8-4-6-10-7-3-1-2-5-9-7/h1-3,5H,6H2. The monoisotopic (exact) mass is 134 g/mol. The lowest BCUT2D eigenvalue weighted by Crippen LogP contribution is -1.94. The predicted octanol–water partition coefficient (Wildman–Crippen LogP) is 0.984. The molecule has 0 atom stereocenters. The Kier molecular flexibility index (Phi) is 2.27. The number of aromatic nitrogens is 1. The topological polar surface area (TPSA) is 45.9 Å². The number of pyridine rings is 1. The molecule has 50 valence electrons. The van der Waals surface area contributed by atoms with Gasteiger partial charge < -0.3 is 4.74 Å². The molecule has 1 aromatic heterocycles. The minimum absolute atomic E-state index is 0.0526. The molecule has 3 nitrogen and oxygen atoms in total. The van der Waals surface area contributed by atoms with Crippen LogP contribution in [0, 0.1) is 11.3 Å². The molecule has 0 fully saturated rings. The van der Waals surface area contributed by atoms with Gasteiger partial charge in [0.1, 0.15) is 6.07 Å². The van der Waals surface area contributed by atoms with Crippen molar-refractivity contribution < 1.29 is 4.74 Å². The van der Waals surface area contributed by atoms with Crippen molar-refractivity contribution in [3.63, 3.8) is 0 Å². The van der Waals surface area contributed by atoms with Gasteiger partial charge in [0.15, 0.2) is 6.61 Å². The van der Waals surface area contributed by atoms with E-state index in [1.165, 1.54) is 0 Å². The summed E-state index contributed by atoms with van der Waals surface area (Å²) in [5, 5.41) is 8.12. The number of rotatable bonds is 2.